The van der Waals surface area contributed by atoms with Gasteiger partial charge < -0.3 is 10.2 Å². The lowest BCUT2D eigenvalue weighted by Gasteiger charge is -2.37. The number of aromatic nitrogens is 3. The topological polar surface area (TPSA) is 62.5 Å². The summed E-state index contributed by atoms with van der Waals surface area (Å²) < 4.78 is 16.8. The Kier molecular flexibility index (Phi) is 3.66. The highest BCUT2D eigenvalue weighted by molar-refractivity contribution is 5.80. The molecule has 0 bridgehead atoms. The van der Waals surface area contributed by atoms with Gasteiger partial charge in [-0.25, -0.2) is 9.37 Å². The van der Waals surface area contributed by atoms with Crippen LogP contribution in [-0.2, 0) is 4.79 Å². The van der Waals surface area contributed by atoms with Crippen LogP contribution < -0.4 is 10.2 Å². The summed E-state index contributed by atoms with van der Waals surface area (Å²) in [4.78, 5) is 18.3. The first-order chi connectivity index (χ1) is 11.5. The van der Waals surface area contributed by atoms with Crippen LogP contribution in [0.5, 0.6) is 0 Å². The maximum absolute atomic E-state index is 15.0. The zero-order chi connectivity index (χ0) is 16.7. The van der Waals surface area contributed by atoms with Gasteiger partial charge >= 0.3 is 0 Å². The van der Waals surface area contributed by atoms with Crippen LogP contribution in [0.4, 0.5) is 10.2 Å². The summed E-state index contributed by atoms with van der Waals surface area (Å²) in [5, 5.41) is 7.10. The lowest BCUT2D eigenvalue weighted by Crippen LogP contribution is -2.49. The summed E-state index contributed by atoms with van der Waals surface area (Å²) in [6, 6.07) is 3.85. The van der Waals surface area contributed by atoms with E-state index in [1.54, 1.807) is 10.7 Å². The van der Waals surface area contributed by atoms with Crippen molar-refractivity contribution in [2.24, 2.45) is 5.92 Å². The number of anilines is 1. The second kappa shape index (κ2) is 5.72. The number of hydrogen-bond donors (Lipinski definition) is 1. The third kappa shape index (κ3) is 2.95. The van der Waals surface area contributed by atoms with Gasteiger partial charge in [-0.3, -0.25) is 4.79 Å². The number of rotatable bonds is 4. The normalized spacial score (nSPS) is 20.3. The van der Waals surface area contributed by atoms with Crippen LogP contribution in [0.2, 0.25) is 0 Å². The molecule has 0 spiro atoms. The fourth-order valence-electron chi connectivity index (χ4n) is 3.29. The maximum atomic E-state index is 15.0. The molecule has 24 heavy (non-hydrogen) atoms. The summed E-state index contributed by atoms with van der Waals surface area (Å²) in [5.41, 5.74) is 0.414. The van der Waals surface area contributed by atoms with E-state index in [1.165, 1.54) is 0 Å². The van der Waals surface area contributed by atoms with E-state index in [0.717, 1.165) is 30.0 Å². The minimum Gasteiger partial charge on any atom is -0.356 e. The van der Waals surface area contributed by atoms with E-state index < -0.39 is 5.67 Å². The van der Waals surface area contributed by atoms with Gasteiger partial charge in [0.05, 0.1) is 12.7 Å². The monoisotopic (exact) mass is 331 g/mol. The third-order valence-electron chi connectivity index (χ3n) is 4.98. The highest BCUT2D eigenvalue weighted by atomic mass is 19.1. The maximum Gasteiger partial charge on any atom is 0.223 e. The molecule has 2 fully saturated rings. The quantitative estimate of drug-likeness (QED) is 0.929. The van der Waals surface area contributed by atoms with Crippen molar-refractivity contribution in [1.29, 1.82) is 0 Å². The van der Waals surface area contributed by atoms with E-state index in [4.69, 9.17) is 0 Å². The first kappa shape index (κ1) is 15.4. The van der Waals surface area contributed by atoms with Gasteiger partial charge in [0, 0.05) is 49.7 Å². The molecule has 2 aromatic rings. The Morgan fingerprint density at radius 3 is 2.88 bits per heavy atom. The third-order valence-corrected chi connectivity index (χ3v) is 4.98. The van der Waals surface area contributed by atoms with Gasteiger partial charge in [-0.2, -0.15) is 9.61 Å². The van der Waals surface area contributed by atoms with Crippen LogP contribution in [0.1, 0.15) is 31.4 Å². The minimum atomic E-state index is -1.31. The standard InChI is InChI=1S/C17H22FN5O/c1-12-10-15(23-14(21-12)4-7-20-23)22-8-5-17(18,6-9-22)11-19-16(24)13-2-3-13/h4,7,10,13H,2-3,5-6,8-9,11H2,1H3,(H,19,24). The van der Waals surface area contributed by atoms with Gasteiger partial charge in [0.15, 0.2) is 5.65 Å². The van der Waals surface area contributed by atoms with Crippen molar-refractivity contribution in [2.45, 2.75) is 38.3 Å². The van der Waals surface area contributed by atoms with Crippen molar-refractivity contribution in [3.05, 3.63) is 24.0 Å². The molecule has 0 aromatic carbocycles. The van der Waals surface area contributed by atoms with Gasteiger partial charge in [0.2, 0.25) is 5.91 Å². The molecule has 0 atom stereocenters. The molecule has 0 unspecified atom stereocenters. The highest BCUT2D eigenvalue weighted by Gasteiger charge is 2.37. The van der Waals surface area contributed by atoms with Crippen LogP contribution in [-0.4, -0.2) is 45.8 Å². The zero-order valence-corrected chi connectivity index (χ0v) is 13.8. The molecule has 1 aliphatic heterocycles. The highest BCUT2D eigenvalue weighted by Crippen LogP contribution is 2.31. The smallest absolute Gasteiger partial charge is 0.223 e. The van der Waals surface area contributed by atoms with E-state index >= 15 is 0 Å². The Hall–Kier alpha value is -2.18. The average molecular weight is 331 g/mol. The molecular formula is C17H22FN5O. The van der Waals surface area contributed by atoms with Crippen molar-refractivity contribution in [3.8, 4) is 0 Å². The Labute approximate surface area is 140 Å². The molecule has 2 aliphatic rings. The summed E-state index contributed by atoms with van der Waals surface area (Å²) in [6.07, 6.45) is 4.42. The molecule has 1 N–H and O–H groups in total. The summed E-state index contributed by atoms with van der Waals surface area (Å²) in [7, 11) is 0. The van der Waals surface area contributed by atoms with Crippen LogP contribution >= 0.6 is 0 Å². The molecule has 1 saturated heterocycles. The van der Waals surface area contributed by atoms with Crippen LogP contribution in [0, 0.1) is 12.8 Å². The Bertz CT molecular complexity index is 761. The molecule has 1 amide bonds. The van der Waals surface area contributed by atoms with Gasteiger partial charge in [0.25, 0.3) is 0 Å². The largest absolute Gasteiger partial charge is 0.356 e. The minimum absolute atomic E-state index is 0.0115. The van der Waals surface area contributed by atoms with Crippen molar-refractivity contribution in [1.82, 2.24) is 19.9 Å². The molecule has 6 nitrogen and oxygen atoms in total. The van der Waals surface area contributed by atoms with Gasteiger partial charge in [-0.05, 0) is 19.8 Å². The fraction of sp³-hybridized carbons (Fsp3) is 0.588. The number of carbonyl (C=O) groups is 1. The number of piperidine rings is 1. The van der Waals surface area contributed by atoms with Crippen molar-refractivity contribution in [2.75, 3.05) is 24.5 Å². The second-order valence-corrected chi connectivity index (χ2v) is 6.99. The number of amides is 1. The van der Waals surface area contributed by atoms with E-state index in [1.807, 2.05) is 19.1 Å². The average Bonchev–Trinajstić information content (AvgIpc) is 3.31. The number of nitrogens with one attached hydrogen (secondary N) is 1. The number of hydrogen-bond acceptors (Lipinski definition) is 4. The fourth-order valence-corrected chi connectivity index (χ4v) is 3.29. The van der Waals surface area contributed by atoms with Crippen LogP contribution in [0.25, 0.3) is 5.65 Å². The molecule has 0 radical (unpaired) electrons. The van der Waals surface area contributed by atoms with Crippen molar-refractivity contribution >= 4 is 17.4 Å². The SMILES string of the molecule is Cc1cc(N2CCC(F)(CNC(=O)C3CC3)CC2)n2nccc2n1. The number of alkyl halides is 1. The lowest BCUT2D eigenvalue weighted by atomic mass is 9.93. The lowest BCUT2D eigenvalue weighted by molar-refractivity contribution is -0.123. The molecule has 128 valence electrons. The zero-order valence-electron chi connectivity index (χ0n) is 13.8. The Morgan fingerprint density at radius 2 is 2.17 bits per heavy atom. The number of aryl methyl sites for hydroxylation is 1. The molecule has 2 aromatic heterocycles. The Balaban J connectivity index is 1.43. The molecule has 7 heteroatoms. The van der Waals surface area contributed by atoms with Crippen molar-refractivity contribution in [3.63, 3.8) is 0 Å². The predicted octanol–water partition coefficient (Wildman–Crippen LogP) is 1.87. The number of nitrogens with zero attached hydrogens (tertiary/aromatic N) is 4. The molecule has 1 saturated carbocycles. The van der Waals surface area contributed by atoms with Crippen LogP contribution in [0.3, 0.4) is 0 Å². The predicted molar refractivity (Wildman–Crippen MR) is 88.7 cm³/mol. The Morgan fingerprint density at radius 1 is 1.42 bits per heavy atom. The van der Waals surface area contributed by atoms with Crippen LogP contribution in [0.15, 0.2) is 18.3 Å². The molecule has 4 rings (SSSR count). The first-order valence-electron chi connectivity index (χ1n) is 8.57. The van der Waals surface area contributed by atoms with E-state index in [2.05, 4.69) is 20.3 Å². The molecule has 1 aliphatic carbocycles. The van der Waals surface area contributed by atoms with Gasteiger partial charge in [0.1, 0.15) is 11.5 Å². The second-order valence-electron chi connectivity index (χ2n) is 6.99. The van der Waals surface area contributed by atoms with Crippen molar-refractivity contribution < 1.29 is 9.18 Å². The summed E-state index contributed by atoms with van der Waals surface area (Å²) in [6.45, 7) is 3.29. The van der Waals surface area contributed by atoms with Gasteiger partial charge in [-0.1, -0.05) is 0 Å². The number of carbonyl (C=O) groups excluding carboxylic acids is 1. The summed E-state index contributed by atoms with van der Waals surface area (Å²) >= 11 is 0. The van der Waals surface area contributed by atoms with E-state index in [9.17, 15) is 9.18 Å². The van der Waals surface area contributed by atoms with E-state index in [0.29, 0.717) is 25.9 Å². The number of halogens is 1. The summed E-state index contributed by atoms with van der Waals surface area (Å²) in [5.74, 6) is 1.09. The molecular weight excluding hydrogens is 309 g/mol. The van der Waals surface area contributed by atoms with E-state index in [-0.39, 0.29) is 18.4 Å². The number of fused-ring (bicyclic) bond motifs is 1. The molecule has 3 heterocycles. The van der Waals surface area contributed by atoms with Gasteiger partial charge in [-0.15, -0.1) is 0 Å². The first-order valence-corrected chi connectivity index (χ1v) is 8.57.